The highest BCUT2D eigenvalue weighted by Gasteiger charge is 2.43. The monoisotopic (exact) mass is 472 g/mol. The molecule has 5 rings (SSSR count). The number of likely N-dealkylation sites (tertiary alicyclic amines) is 1. The molecule has 0 bridgehead atoms. The molecule has 2 aliphatic heterocycles. The van der Waals surface area contributed by atoms with Crippen molar-refractivity contribution >= 4 is 40.6 Å². The van der Waals surface area contributed by atoms with Crippen molar-refractivity contribution in [3.05, 3.63) is 57.8 Å². The van der Waals surface area contributed by atoms with Crippen LogP contribution in [0.15, 0.2) is 40.0 Å². The zero-order chi connectivity index (χ0) is 22.4. The number of carbonyl (C=O) groups is 1. The third kappa shape index (κ3) is 3.61. The number of aryl methyl sites for hydroxylation is 1. The van der Waals surface area contributed by atoms with Crippen LogP contribution in [0, 0.1) is 12.8 Å². The van der Waals surface area contributed by atoms with E-state index in [9.17, 15) is 4.79 Å². The minimum Gasteiger partial charge on any atom is -0.337 e. The first-order valence-electron chi connectivity index (χ1n) is 10.6. The zero-order valence-electron chi connectivity index (χ0n) is 17.7. The molecule has 3 atom stereocenters. The molecule has 0 N–H and O–H groups in total. The number of nitrogens with zero attached hydrogens (tertiary/aromatic N) is 6. The second kappa shape index (κ2) is 8.33. The Morgan fingerprint density at radius 3 is 2.75 bits per heavy atom. The van der Waals surface area contributed by atoms with Gasteiger partial charge in [0.25, 0.3) is 0 Å². The predicted octanol–water partition coefficient (Wildman–Crippen LogP) is 4.95. The largest absolute Gasteiger partial charge is 0.337 e. The molecular formula is C22H22Cl2N6O2. The standard InChI is InChI=1S/C22H22Cl2N6O2/c1-12-19(22(31)29-10-4-3-5-17(29)21-27-13(2)28-32-21)20(30-18(26-12)8-9-25-30)14-6-7-15(23)16(24)11-14/h6-9,11,17,19-20H,3-5,10H2,1-2H3. The van der Waals surface area contributed by atoms with E-state index in [-0.39, 0.29) is 11.9 Å². The van der Waals surface area contributed by atoms with Crippen molar-refractivity contribution in [2.75, 3.05) is 6.54 Å². The summed E-state index contributed by atoms with van der Waals surface area (Å²) in [6, 6.07) is 6.62. The molecule has 4 heterocycles. The SMILES string of the molecule is CC1=Nc2ccnn2C(c2ccc(Cl)c(Cl)c2)C1C(=O)N1CCCCC1c1nc(C)no1. The minimum absolute atomic E-state index is 0.0379. The predicted molar refractivity (Wildman–Crippen MR) is 120 cm³/mol. The van der Waals surface area contributed by atoms with E-state index < -0.39 is 12.0 Å². The van der Waals surface area contributed by atoms with Crippen molar-refractivity contribution in [1.82, 2.24) is 24.8 Å². The third-order valence-corrected chi connectivity index (χ3v) is 6.87. The van der Waals surface area contributed by atoms with E-state index in [2.05, 4.69) is 20.2 Å². The Morgan fingerprint density at radius 1 is 1.16 bits per heavy atom. The van der Waals surface area contributed by atoms with E-state index in [1.165, 1.54) is 0 Å². The first-order chi connectivity index (χ1) is 15.4. The number of hydrogen-bond donors (Lipinski definition) is 0. The van der Waals surface area contributed by atoms with Crippen LogP contribution in [-0.4, -0.2) is 43.0 Å². The Kier molecular flexibility index (Phi) is 5.51. The fourth-order valence-electron chi connectivity index (χ4n) is 4.65. The summed E-state index contributed by atoms with van der Waals surface area (Å²) in [5, 5.41) is 9.30. The van der Waals surface area contributed by atoms with Crippen LogP contribution in [0.25, 0.3) is 0 Å². The van der Waals surface area contributed by atoms with E-state index in [1.807, 2.05) is 24.0 Å². The summed E-state index contributed by atoms with van der Waals surface area (Å²) < 4.78 is 7.23. The number of hydrogen-bond acceptors (Lipinski definition) is 6. The number of amides is 1. The second-order valence-electron chi connectivity index (χ2n) is 8.21. The van der Waals surface area contributed by atoms with Gasteiger partial charge in [-0.15, -0.1) is 0 Å². The molecule has 0 aliphatic carbocycles. The molecule has 1 amide bonds. The van der Waals surface area contributed by atoms with Gasteiger partial charge in [-0.3, -0.25) is 4.79 Å². The lowest BCUT2D eigenvalue weighted by atomic mass is 9.86. The first kappa shape index (κ1) is 21.2. The van der Waals surface area contributed by atoms with Gasteiger partial charge >= 0.3 is 0 Å². The second-order valence-corrected chi connectivity index (χ2v) is 9.02. The Hall–Kier alpha value is -2.71. The molecule has 32 heavy (non-hydrogen) atoms. The molecule has 0 radical (unpaired) electrons. The van der Waals surface area contributed by atoms with Crippen LogP contribution in [0.1, 0.15) is 55.5 Å². The number of benzene rings is 1. The van der Waals surface area contributed by atoms with Crippen molar-refractivity contribution in [1.29, 1.82) is 0 Å². The van der Waals surface area contributed by atoms with Crippen LogP contribution in [0.2, 0.25) is 10.0 Å². The molecule has 8 nitrogen and oxygen atoms in total. The molecule has 2 aromatic heterocycles. The molecule has 1 fully saturated rings. The highest BCUT2D eigenvalue weighted by molar-refractivity contribution is 6.42. The Labute approximate surface area is 195 Å². The van der Waals surface area contributed by atoms with Crippen molar-refractivity contribution in [2.45, 2.75) is 45.2 Å². The molecule has 10 heteroatoms. The van der Waals surface area contributed by atoms with Gasteiger partial charge in [-0.05, 0) is 50.8 Å². The Morgan fingerprint density at radius 2 is 2.00 bits per heavy atom. The van der Waals surface area contributed by atoms with E-state index in [0.29, 0.717) is 34.1 Å². The van der Waals surface area contributed by atoms with Crippen molar-refractivity contribution in [3.8, 4) is 0 Å². The van der Waals surface area contributed by atoms with Crippen molar-refractivity contribution < 1.29 is 9.32 Å². The van der Waals surface area contributed by atoms with Gasteiger partial charge in [0, 0.05) is 18.3 Å². The van der Waals surface area contributed by atoms with Gasteiger partial charge in [-0.2, -0.15) is 10.1 Å². The van der Waals surface area contributed by atoms with E-state index in [4.69, 9.17) is 27.7 Å². The summed E-state index contributed by atoms with van der Waals surface area (Å²) in [4.78, 5) is 25.0. The smallest absolute Gasteiger partial charge is 0.249 e. The number of halogens is 2. The maximum Gasteiger partial charge on any atom is 0.249 e. The van der Waals surface area contributed by atoms with Gasteiger partial charge in [0.1, 0.15) is 12.0 Å². The summed E-state index contributed by atoms with van der Waals surface area (Å²) in [5.41, 5.74) is 1.57. The molecule has 166 valence electrons. The number of aromatic nitrogens is 4. The molecule has 3 unspecified atom stereocenters. The molecule has 1 aromatic carbocycles. The van der Waals surface area contributed by atoms with Gasteiger partial charge in [0.15, 0.2) is 11.6 Å². The van der Waals surface area contributed by atoms with Gasteiger partial charge in [-0.25, -0.2) is 9.67 Å². The number of fused-ring (bicyclic) bond motifs is 1. The van der Waals surface area contributed by atoms with Crippen molar-refractivity contribution in [2.24, 2.45) is 10.9 Å². The lowest BCUT2D eigenvalue weighted by molar-refractivity contribution is -0.139. The number of aliphatic imine (C=N–C) groups is 1. The molecule has 0 spiro atoms. The maximum absolute atomic E-state index is 14.1. The van der Waals surface area contributed by atoms with Gasteiger partial charge in [-0.1, -0.05) is 34.4 Å². The van der Waals surface area contributed by atoms with Crippen LogP contribution >= 0.6 is 23.2 Å². The van der Waals surface area contributed by atoms with Gasteiger partial charge in [0.05, 0.1) is 22.3 Å². The average molecular weight is 473 g/mol. The Bertz CT molecular complexity index is 1200. The van der Waals surface area contributed by atoms with Gasteiger partial charge < -0.3 is 9.42 Å². The van der Waals surface area contributed by atoms with Crippen LogP contribution in [0.3, 0.4) is 0 Å². The Balaban J connectivity index is 1.57. The van der Waals surface area contributed by atoms with Crippen LogP contribution in [0.5, 0.6) is 0 Å². The van der Waals surface area contributed by atoms with E-state index >= 15 is 0 Å². The highest BCUT2D eigenvalue weighted by atomic mass is 35.5. The molecule has 1 saturated heterocycles. The van der Waals surface area contributed by atoms with Crippen LogP contribution in [0.4, 0.5) is 5.82 Å². The van der Waals surface area contributed by atoms with Gasteiger partial charge in [0.2, 0.25) is 11.8 Å². The zero-order valence-corrected chi connectivity index (χ0v) is 19.2. The summed E-state index contributed by atoms with van der Waals surface area (Å²) in [6.07, 6.45) is 4.38. The summed E-state index contributed by atoms with van der Waals surface area (Å²) in [6.45, 7) is 4.29. The number of piperidine rings is 1. The van der Waals surface area contributed by atoms with Crippen LogP contribution in [-0.2, 0) is 4.79 Å². The van der Waals surface area contributed by atoms with E-state index in [0.717, 1.165) is 30.5 Å². The number of carbonyl (C=O) groups excluding carboxylic acids is 1. The maximum atomic E-state index is 14.1. The van der Waals surface area contributed by atoms with Crippen molar-refractivity contribution in [3.63, 3.8) is 0 Å². The lowest BCUT2D eigenvalue weighted by Crippen LogP contribution is -2.47. The molecule has 2 aliphatic rings. The minimum atomic E-state index is -0.552. The van der Waals surface area contributed by atoms with E-state index in [1.54, 1.807) is 29.9 Å². The summed E-state index contributed by atoms with van der Waals surface area (Å²) >= 11 is 12.5. The summed E-state index contributed by atoms with van der Waals surface area (Å²) in [5.74, 6) is 1.15. The highest BCUT2D eigenvalue weighted by Crippen LogP contribution is 2.41. The quantitative estimate of drug-likeness (QED) is 0.537. The third-order valence-electron chi connectivity index (χ3n) is 6.14. The number of rotatable bonds is 3. The van der Waals surface area contributed by atoms with Crippen LogP contribution < -0.4 is 0 Å². The first-order valence-corrected chi connectivity index (χ1v) is 11.3. The summed E-state index contributed by atoms with van der Waals surface area (Å²) in [7, 11) is 0. The molecule has 3 aromatic rings. The lowest BCUT2D eigenvalue weighted by Gasteiger charge is -2.39. The normalized spacial score (nSPS) is 23.1. The topological polar surface area (TPSA) is 89.4 Å². The average Bonchev–Trinajstić information content (AvgIpc) is 3.43. The molecule has 0 saturated carbocycles. The molecular weight excluding hydrogens is 451 g/mol. The fraction of sp³-hybridized carbons (Fsp3) is 0.409. The fourth-order valence-corrected chi connectivity index (χ4v) is 4.96.